The van der Waals surface area contributed by atoms with Crippen LogP contribution in [0.5, 0.6) is 0 Å². The number of thiophene rings is 2. The molecule has 0 atom stereocenters. The van der Waals surface area contributed by atoms with Crippen molar-refractivity contribution in [2.75, 3.05) is 0 Å². The van der Waals surface area contributed by atoms with E-state index in [2.05, 4.69) is 4.98 Å². The van der Waals surface area contributed by atoms with E-state index >= 15 is 0 Å². The summed E-state index contributed by atoms with van der Waals surface area (Å²) in [6.45, 7) is 0.947. The summed E-state index contributed by atoms with van der Waals surface area (Å²) < 4.78 is 0. The molecule has 6 nitrogen and oxygen atoms in total. The predicted octanol–water partition coefficient (Wildman–Crippen LogP) is 3.89. The van der Waals surface area contributed by atoms with E-state index in [9.17, 15) is 14.9 Å². The molecule has 0 spiro atoms. The van der Waals surface area contributed by atoms with E-state index in [0.29, 0.717) is 13.1 Å². The summed E-state index contributed by atoms with van der Waals surface area (Å²) in [5, 5.41) is 14.7. The zero-order valence-electron chi connectivity index (χ0n) is 12.0. The Bertz CT molecular complexity index is 758. The van der Waals surface area contributed by atoms with Crippen molar-refractivity contribution in [3.8, 4) is 0 Å². The van der Waals surface area contributed by atoms with E-state index in [0.717, 1.165) is 9.75 Å². The fourth-order valence-electron chi connectivity index (χ4n) is 2.16. The van der Waals surface area contributed by atoms with Crippen molar-refractivity contribution in [1.29, 1.82) is 0 Å². The van der Waals surface area contributed by atoms with Crippen LogP contribution in [0, 0.1) is 10.1 Å². The lowest BCUT2D eigenvalue weighted by Gasteiger charge is -2.20. The summed E-state index contributed by atoms with van der Waals surface area (Å²) in [6.07, 6.45) is 1.24. The van der Waals surface area contributed by atoms with Gasteiger partial charge in [-0.25, -0.2) is 0 Å². The van der Waals surface area contributed by atoms with Crippen molar-refractivity contribution < 1.29 is 9.72 Å². The minimum Gasteiger partial charge on any atom is -0.351 e. The van der Waals surface area contributed by atoms with Crippen LogP contribution in [0.15, 0.2) is 47.3 Å². The van der Waals surface area contributed by atoms with Crippen LogP contribution in [0.3, 0.4) is 0 Å². The Kier molecular flexibility index (Phi) is 4.54. The van der Waals surface area contributed by atoms with Gasteiger partial charge in [-0.2, -0.15) is 0 Å². The number of nitrogens with zero attached hydrogens (tertiary/aromatic N) is 2. The van der Waals surface area contributed by atoms with Gasteiger partial charge in [-0.3, -0.25) is 14.9 Å². The van der Waals surface area contributed by atoms with Crippen LogP contribution in [0.2, 0.25) is 0 Å². The van der Waals surface area contributed by atoms with Crippen LogP contribution in [0.1, 0.15) is 20.2 Å². The summed E-state index contributed by atoms with van der Waals surface area (Å²) in [7, 11) is 0. The fourth-order valence-corrected chi connectivity index (χ4v) is 3.60. The van der Waals surface area contributed by atoms with Crippen LogP contribution in [-0.4, -0.2) is 20.7 Å². The van der Waals surface area contributed by atoms with E-state index in [1.165, 1.54) is 12.3 Å². The van der Waals surface area contributed by atoms with Crippen molar-refractivity contribution in [1.82, 2.24) is 9.88 Å². The van der Waals surface area contributed by atoms with Gasteiger partial charge in [0.1, 0.15) is 5.69 Å². The number of H-pyrrole nitrogens is 1. The lowest BCUT2D eigenvalue weighted by atomic mass is 10.3. The van der Waals surface area contributed by atoms with Gasteiger partial charge >= 0.3 is 0 Å². The van der Waals surface area contributed by atoms with Crippen LogP contribution in [0.25, 0.3) is 0 Å². The van der Waals surface area contributed by atoms with E-state index in [1.54, 1.807) is 27.6 Å². The first-order valence-corrected chi connectivity index (χ1v) is 8.56. The molecule has 0 aliphatic rings. The molecule has 1 amide bonds. The maximum atomic E-state index is 12.7. The standard InChI is InChI=1S/C15H13N3O3S2/c19-15(14-7-11(8-16-14)18(20)21)17(9-12-3-1-5-22-12)10-13-4-2-6-23-13/h1-8,16H,9-10H2. The van der Waals surface area contributed by atoms with Crippen LogP contribution in [0.4, 0.5) is 5.69 Å². The number of nitro groups is 1. The van der Waals surface area contributed by atoms with Gasteiger partial charge in [0.05, 0.1) is 24.2 Å². The molecule has 118 valence electrons. The summed E-state index contributed by atoms with van der Waals surface area (Å²) in [4.78, 5) is 29.5. The van der Waals surface area contributed by atoms with Gasteiger partial charge in [0.15, 0.2) is 0 Å². The third-order valence-corrected chi connectivity index (χ3v) is 4.97. The largest absolute Gasteiger partial charge is 0.351 e. The highest BCUT2D eigenvalue weighted by molar-refractivity contribution is 7.10. The van der Waals surface area contributed by atoms with Gasteiger partial charge in [0.25, 0.3) is 11.6 Å². The number of nitrogens with one attached hydrogen (secondary N) is 1. The van der Waals surface area contributed by atoms with E-state index in [4.69, 9.17) is 0 Å². The second-order valence-corrected chi connectivity index (χ2v) is 6.91. The Morgan fingerprint density at radius 2 is 1.78 bits per heavy atom. The summed E-state index contributed by atoms with van der Waals surface area (Å²) in [6, 6.07) is 9.09. The molecule has 3 heterocycles. The molecule has 0 aromatic carbocycles. The maximum Gasteiger partial charge on any atom is 0.287 e. The molecule has 3 rings (SSSR count). The van der Waals surface area contributed by atoms with E-state index < -0.39 is 4.92 Å². The van der Waals surface area contributed by atoms with Crippen molar-refractivity contribution in [3.05, 3.63) is 72.9 Å². The Morgan fingerprint density at radius 1 is 1.17 bits per heavy atom. The predicted molar refractivity (Wildman–Crippen MR) is 89.7 cm³/mol. The minimum absolute atomic E-state index is 0.111. The molecule has 0 aliphatic heterocycles. The molecule has 3 aromatic rings. The lowest BCUT2D eigenvalue weighted by molar-refractivity contribution is -0.384. The van der Waals surface area contributed by atoms with Gasteiger partial charge in [-0.05, 0) is 22.9 Å². The normalized spacial score (nSPS) is 10.6. The minimum atomic E-state index is -0.518. The average molecular weight is 347 g/mol. The molecule has 0 saturated carbocycles. The van der Waals surface area contributed by atoms with Gasteiger partial charge in [0.2, 0.25) is 0 Å². The Labute approximate surface area is 140 Å². The van der Waals surface area contributed by atoms with Crippen molar-refractivity contribution in [2.45, 2.75) is 13.1 Å². The molecule has 23 heavy (non-hydrogen) atoms. The molecule has 0 saturated heterocycles. The molecule has 0 bridgehead atoms. The van der Waals surface area contributed by atoms with Gasteiger partial charge in [-0.15, -0.1) is 22.7 Å². The first-order chi connectivity index (χ1) is 11.1. The number of hydrogen-bond acceptors (Lipinski definition) is 5. The van der Waals surface area contributed by atoms with Gasteiger partial charge < -0.3 is 9.88 Å². The molecular formula is C15H13N3O3S2. The van der Waals surface area contributed by atoms with Crippen molar-refractivity contribution in [3.63, 3.8) is 0 Å². The highest BCUT2D eigenvalue weighted by Crippen LogP contribution is 2.20. The Morgan fingerprint density at radius 3 is 2.22 bits per heavy atom. The average Bonchev–Trinajstić information content (AvgIpc) is 3.28. The quantitative estimate of drug-likeness (QED) is 0.543. The van der Waals surface area contributed by atoms with Crippen LogP contribution in [-0.2, 0) is 13.1 Å². The third-order valence-electron chi connectivity index (χ3n) is 3.25. The van der Waals surface area contributed by atoms with E-state index in [1.807, 2.05) is 35.0 Å². The van der Waals surface area contributed by atoms with Gasteiger partial charge in [-0.1, -0.05) is 12.1 Å². The fraction of sp³-hybridized carbons (Fsp3) is 0.133. The third kappa shape index (κ3) is 3.66. The maximum absolute atomic E-state index is 12.7. The van der Waals surface area contributed by atoms with Crippen LogP contribution < -0.4 is 0 Å². The molecular weight excluding hydrogens is 334 g/mol. The second kappa shape index (κ2) is 6.76. The smallest absolute Gasteiger partial charge is 0.287 e. The number of hydrogen-bond donors (Lipinski definition) is 1. The second-order valence-electron chi connectivity index (χ2n) is 4.85. The number of rotatable bonds is 6. The highest BCUT2D eigenvalue weighted by atomic mass is 32.1. The molecule has 1 N–H and O–H groups in total. The molecule has 0 aliphatic carbocycles. The first kappa shape index (κ1) is 15.4. The Balaban J connectivity index is 1.83. The number of carbonyl (C=O) groups excluding carboxylic acids is 1. The number of amides is 1. The summed E-state index contributed by atoms with van der Waals surface area (Å²) >= 11 is 3.16. The number of carbonyl (C=O) groups is 1. The molecule has 3 aromatic heterocycles. The topological polar surface area (TPSA) is 79.2 Å². The summed E-state index contributed by atoms with van der Waals surface area (Å²) in [5.74, 6) is -0.250. The SMILES string of the molecule is O=C(c1cc([N+](=O)[O-])c[nH]1)N(Cc1cccs1)Cc1cccs1. The molecule has 8 heteroatoms. The van der Waals surface area contributed by atoms with Gasteiger partial charge in [0, 0.05) is 15.8 Å². The zero-order chi connectivity index (χ0) is 16.2. The highest BCUT2D eigenvalue weighted by Gasteiger charge is 2.21. The summed E-state index contributed by atoms with van der Waals surface area (Å²) in [5.41, 5.74) is 0.116. The first-order valence-electron chi connectivity index (χ1n) is 6.80. The van der Waals surface area contributed by atoms with E-state index in [-0.39, 0.29) is 17.3 Å². The molecule has 0 radical (unpaired) electrons. The van der Waals surface area contributed by atoms with Crippen molar-refractivity contribution >= 4 is 34.3 Å². The van der Waals surface area contributed by atoms with Crippen LogP contribution >= 0.6 is 22.7 Å². The number of aromatic amines is 1. The Hall–Kier alpha value is -2.45. The molecule has 0 fully saturated rings. The monoisotopic (exact) mass is 347 g/mol. The zero-order valence-corrected chi connectivity index (χ0v) is 13.6. The number of aromatic nitrogens is 1. The van der Waals surface area contributed by atoms with Crippen molar-refractivity contribution in [2.24, 2.45) is 0 Å². The molecule has 0 unspecified atom stereocenters. The lowest BCUT2D eigenvalue weighted by Crippen LogP contribution is -2.29.